The van der Waals surface area contributed by atoms with Crippen LogP contribution in [0.1, 0.15) is 30.5 Å². The third-order valence-corrected chi connectivity index (χ3v) is 5.58. The van der Waals surface area contributed by atoms with E-state index in [-0.39, 0.29) is 12.0 Å². The van der Waals surface area contributed by atoms with Crippen molar-refractivity contribution < 1.29 is 18.7 Å². The third kappa shape index (κ3) is 4.57. The van der Waals surface area contributed by atoms with Gasteiger partial charge in [-0.1, -0.05) is 56.3 Å². The highest BCUT2D eigenvalue weighted by molar-refractivity contribution is 5.82. The summed E-state index contributed by atoms with van der Waals surface area (Å²) < 4.78 is 16.1. The Kier molecular flexibility index (Phi) is 5.82. The number of benzene rings is 3. The van der Waals surface area contributed by atoms with Crippen LogP contribution in [0.3, 0.4) is 0 Å². The molecule has 0 aliphatic rings. The van der Waals surface area contributed by atoms with Crippen molar-refractivity contribution in [3.63, 3.8) is 0 Å². The van der Waals surface area contributed by atoms with Crippen LogP contribution in [-0.2, 0) is 10.2 Å². The van der Waals surface area contributed by atoms with Crippen molar-refractivity contribution >= 4 is 16.9 Å². The molecule has 0 aliphatic heterocycles. The Balaban J connectivity index is 1.39. The average molecular weight is 428 g/mol. The maximum absolute atomic E-state index is 12.2. The third-order valence-electron chi connectivity index (χ3n) is 5.58. The molecule has 0 radical (unpaired) electrons. The SMILES string of the molecule is Cc1cc(=O)oc2cc(OC(=O)COc3ccc(C(C)(C)c4ccccc4)cc3)ccc12. The highest BCUT2D eigenvalue weighted by Gasteiger charge is 2.22. The molecule has 4 rings (SSSR count). The van der Waals surface area contributed by atoms with Crippen molar-refractivity contribution in [2.45, 2.75) is 26.2 Å². The first-order valence-corrected chi connectivity index (χ1v) is 10.4. The Morgan fingerprint density at radius 3 is 2.25 bits per heavy atom. The summed E-state index contributed by atoms with van der Waals surface area (Å²) in [5.41, 5.74) is 2.95. The second-order valence-electron chi connectivity index (χ2n) is 8.18. The molecule has 0 spiro atoms. The van der Waals surface area contributed by atoms with Gasteiger partial charge in [0.25, 0.3) is 0 Å². The first-order chi connectivity index (χ1) is 15.3. The van der Waals surface area contributed by atoms with E-state index in [4.69, 9.17) is 13.9 Å². The summed E-state index contributed by atoms with van der Waals surface area (Å²) in [6.45, 7) is 5.92. The summed E-state index contributed by atoms with van der Waals surface area (Å²) in [5.74, 6) is 0.322. The molecule has 4 aromatic rings. The molecule has 0 atom stereocenters. The molecule has 0 N–H and O–H groups in total. The quantitative estimate of drug-likeness (QED) is 0.233. The minimum atomic E-state index is -0.548. The van der Waals surface area contributed by atoms with Crippen LogP contribution in [0, 0.1) is 6.92 Å². The number of esters is 1. The molecule has 0 fully saturated rings. The van der Waals surface area contributed by atoms with Crippen LogP contribution < -0.4 is 15.1 Å². The number of hydrogen-bond acceptors (Lipinski definition) is 5. The predicted molar refractivity (Wildman–Crippen MR) is 123 cm³/mol. The van der Waals surface area contributed by atoms with Gasteiger partial charge in [-0.25, -0.2) is 9.59 Å². The van der Waals surface area contributed by atoms with Crippen molar-refractivity contribution in [3.8, 4) is 11.5 Å². The molecule has 0 amide bonds. The van der Waals surface area contributed by atoms with Gasteiger partial charge >= 0.3 is 11.6 Å². The Labute approximate surface area is 186 Å². The number of carbonyl (C=O) groups is 1. The Bertz CT molecular complexity index is 1300. The van der Waals surface area contributed by atoms with Gasteiger partial charge in [-0.3, -0.25) is 0 Å². The summed E-state index contributed by atoms with van der Waals surface area (Å²) in [4.78, 5) is 23.8. The Morgan fingerprint density at radius 1 is 0.875 bits per heavy atom. The summed E-state index contributed by atoms with van der Waals surface area (Å²) in [6.07, 6.45) is 0. The van der Waals surface area contributed by atoms with Crippen molar-refractivity contribution in [1.29, 1.82) is 0 Å². The van der Waals surface area contributed by atoms with E-state index in [9.17, 15) is 9.59 Å². The fourth-order valence-electron chi connectivity index (χ4n) is 3.66. The molecular weight excluding hydrogens is 404 g/mol. The van der Waals surface area contributed by atoms with Crippen LogP contribution in [-0.4, -0.2) is 12.6 Å². The standard InChI is InChI=1S/C27H24O5/c1-18-15-25(28)32-24-16-22(13-14-23(18)24)31-26(29)17-30-21-11-9-20(10-12-21)27(2,3)19-7-5-4-6-8-19/h4-16H,17H2,1-3H3. The maximum Gasteiger partial charge on any atom is 0.349 e. The fraction of sp³-hybridized carbons (Fsp3) is 0.185. The van der Waals surface area contributed by atoms with E-state index in [2.05, 4.69) is 26.0 Å². The summed E-state index contributed by atoms with van der Waals surface area (Å²) in [7, 11) is 0. The van der Waals surface area contributed by atoms with E-state index in [1.165, 1.54) is 17.7 Å². The van der Waals surface area contributed by atoms with E-state index in [0.717, 1.165) is 16.5 Å². The number of aryl methyl sites for hydroxylation is 1. The lowest BCUT2D eigenvalue weighted by Crippen LogP contribution is -2.19. The molecule has 162 valence electrons. The van der Waals surface area contributed by atoms with Gasteiger partial charge in [-0.15, -0.1) is 0 Å². The molecule has 32 heavy (non-hydrogen) atoms. The largest absolute Gasteiger partial charge is 0.482 e. The Morgan fingerprint density at radius 2 is 1.53 bits per heavy atom. The van der Waals surface area contributed by atoms with E-state index >= 15 is 0 Å². The van der Waals surface area contributed by atoms with Crippen LogP contribution in [0.2, 0.25) is 0 Å². The lowest BCUT2D eigenvalue weighted by Gasteiger charge is -2.26. The molecule has 5 nitrogen and oxygen atoms in total. The van der Waals surface area contributed by atoms with Gasteiger partial charge < -0.3 is 13.9 Å². The van der Waals surface area contributed by atoms with Gasteiger partial charge in [0.15, 0.2) is 6.61 Å². The average Bonchev–Trinajstić information content (AvgIpc) is 2.78. The second-order valence-corrected chi connectivity index (χ2v) is 8.18. The number of fused-ring (bicyclic) bond motifs is 1. The van der Waals surface area contributed by atoms with Gasteiger partial charge in [0.05, 0.1) is 0 Å². The predicted octanol–water partition coefficient (Wildman–Crippen LogP) is 5.41. The lowest BCUT2D eigenvalue weighted by atomic mass is 9.78. The molecule has 1 heterocycles. The van der Waals surface area contributed by atoms with Crippen LogP contribution >= 0.6 is 0 Å². The van der Waals surface area contributed by atoms with Gasteiger partial charge in [0.2, 0.25) is 0 Å². The normalized spacial score (nSPS) is 11.3. The summed E-state index contributed by atoms with van der Waals surface area (Å²) in [5, 5.41) is 0.791. The summed E-state index contributed by atoms with van der Waals surface area (Å²) >= 11 is 0. The highest BCUT2D eigenvalue weighted by atomic mass is 16.6. The van der Waals surface area contributed by atoms with Crippen molar-refractivity contribution in [2.24, 2.45) is 0 Å². The minimum absolute atomic E-state index is 0.151. The number of rotatable bonds is 6. The van der Waals surface area contributed by atoms with E-state index in [1.807, 2.05) is 49.4 Å². The molecule has 3 aromatic carbocycles. The van der Waals surface area contributed by atoms with E-state index in [1.54, 1.807) is 12.1 Å². The number of carbonyl (C=O) groups excluding carboxylic acids is 1. The summed E-state index contributed by atoms with van der Waals surface area (Å²) in [6, 6.07) is 24.4. The fourth-order valence-corrected chi connectivity index (χ4v) is 3.66. The van der Waals surface area contributed by atoms with Crippen LogP contribution in [0.5, 0.6) is 11.5 Å². The van der Waals surface area contributed by atoms with Gasteiger partial charge in [-0.05, 0) is 47.9 Å². The van der Waals surface area contributed by atoms with Crippen LogP contribution in [0.4, 0.5) is 0 Å². The minimum Gasteiger partial charge on any atom is -0.482 e. The molecule has 0 unspecified atom stereocenters. The first kappa shape index (κ1) is 21.4. The van der Waals surface area contributed by atoms with Crippen molar-refractivity contribution in [3.05, 3.63) is 106 Å². The van der Waals surface area contributed by atoms with E-state index < -0.39 is 11.6 Å². The topological polar surface area (TPSA) is 65.7 Å². The molecule has 0 aliphatic carbocycles. The molecule has 5 heteroatoms. The van der Waals surface area contributed by atoms with Crippen LogP contribution in [0.25, 0.3) is 11.0 Å². The lowest BCUT2D eigenvalue weighted by molar-refractivity contribution is -0.136. The van der Waals surface area contributed by atoms with Gasteiger partial charge in [0.1, 0.15) is 17.1 Å². The number of ether oxygens (including phenoxy) is 2. The zero-order valence-electron chi connectivity index (χ0n) is 18.3. The molecule has 1 aromatic heterocycles. The highest BCUT2D eigenvalue weighted by Crippen LogP contribution is 2.32. The smallest absolute Gasteiger partial charge is 0.349 e. The van der Waals surface area contributed by atoms with E-state index in [0.29, 0.717) is 17.1 Å². The van der Waals surface area contributed by atoms with Crippen molar-refractivity contribution in [2.75, 3.05) is 6.61 Å². The monoisotopic (exact) mass is 428 g/mol. The maximum atomic E-state index is 12.2. The Hall–Kier alpha value is -3.86. The molecule has 0 saturated carbocycles. The number of hydrogen-bond donors (Lipinski definition) is 0. The van der Waals surface area contributed by atoms with Crippen LogP contribution in [0.15, 0.2) is 88.1 Å². The van der Waals surface area contributed by atoms with Gasteiger partial charge in [-0.2, -0.15) is 0 Å². The molecule has 0 saturated heterocycles. The zero-order valence-corrected chi connectivity index (χ0v) is 18.3. The molecule has 0 bridgehead atoms. The van der Waals surface area contributed by atoms with Gasteiger partial charge in [0, 0.05) is 22.9 Å². The second kappa shape index (κ2) is 8.71. The molecular formula is C27H24O5. The van der Waals surface area contributed by atoms with Crippen molar-refractivity contribution in [1.82, 2.24) is 0 Å². The zero-order chi connectivity index (χ0) is 22.7. The first-order valence-electron chi connectivity index (χ1n) is 10.4.